The first-order valence-electron chi connectivity index (χ1n) is 7.09. The third-order valence-corrected chi connectivity index (χ3v) is 5.24. The fraction of sp³-hybridized carbons (Fsp3) is 0.286. The van der Waals surface area contributed by atoms with Crippen LogP contribution in [0.5, 0.6) is 0 Å². The molecule has 0 atom stereocenters. The molecule has 0 aliphatic heterocycles. The largest absolute Gasteiger partial charge is 0.417 e. The highest BCUT2D eigenvalue weighted by molar-refractivity contribution is 7.91. The van der Waals surface area contributed by atoms with Crippen molar-refractivity contribution >= 4 is 21.0 Å². The predicted molar refractivity (Wildman–Crippen MR) is 82.3 cm³/mol. The van der Waals surface area contributed by atoms with Gasteiger partial charge in [0.1, 0.15) is 11.2 Å². The number of hydrogen-bond donors (Lipinski definition) is 0. The Morgan fingerprint density at radius 3 is 2.48 bits per heavy atom. The standard InChI is InChI=1S/C14H12F3N5O2S/c1-3-25(23,24)13-10(18-4-5-19-13)12-21-9-6-8(14(15,16)17)7-20-11(9)22(12)2/h4-7H,3H2,1-2H3. The number of alkyl halides is 3. The van der Waals surface area contributed by atoms with Gasteiger partial charge in [0.05, 0.1) is 11.3 Å². The van der Waals surface area contributed by atoms with Crippen LogP contribution in [0.3, 0.4) is 0 Å². The highest BCUT2D eigenvalue weighted by Crippen LogP contribution is 2.32. The van der Waals surface area contributed by atoms with E-state index >= 15 is 0 Å². The van der Waals surface area contributed by atoms with E-state index in [4.69, 9.17) is 0 Å². The summed E-state index contributed by atoms with van der Waals surface area (Å²) >= 11 is 0. The maximum Gasteiger partial charge on any atom is 0.417 e. The summed E-state index contributed by atoms with van der Waals surface area (Å²) in [5.41, 5.74) is -0.810. The minimum Gasteiger partial charge on any atom is -0.310 e. The maximum atomic E-state index is 12.8. The molecule has 132 valence electrons. The van der Waals surface area contributed by atoms with E-state index in [-0.39, 0.29) is 33.5 Å². The molecule has 11 heteroatoms. The van der Waals surface area contributed by atoms with Crippen molar-refractivity contribution in [3.8, 4) is 11.5 Å². The van der Waals surface area contributed by atoms with E-state index in [2.05, 4.69) is 19.9 Å². The summed E-state index contributed by atoms with van der Waals surface area (Å²) in [5.74, 6) is -0.124. The molecule has 0 saturated carbocycles. The topological polar surface area (TPSA) is 90.6 Å². The van der Waals surface area contributed by atoms with Crippen LogP contribution in [-0.4, -0.2) is 38.7 Å². The summed E-state index contributed by atoms with van der Waals surface area (Å²) in [6, 6.07) is 0.857. The third kappa shape index (κ3) is 2.95. The SMILES string of the molecule is CCS(=O)(=O)c1nccnc1-c1nc2cc(C(F)(F)F)cnc2n1C. The molecule has 0 amide bonds. The van der Waals surface area contributed by atoms with E-state index in [0.717, 1.165) is 6.07 Å². The minimum absolute atomic E-state index is 0.0159. The summed E-state index contributed by atoms with van der Waals surface area (Å²) in [6.45, 7) is 1.46. The second kappa shape index (κ2) is 5.76. The van der Waals surface area contributed by atoms with Crippen LogP contribution in [0.15, 0.2) is 29.7 Å². The Balaban J connectivity index is 2.26. The summed E-state index contributed by atoms with van der Waals surface area (Å²) < 4.78 is 64.3. The summed E-state index contributed by atoms with van der Waals surface area (Å²) in [6.07, 6.45) is -1.33. The van der Waals surface area contributed by atoms with Gasteiger partial charge in [0.25, 0.3) is 0 Å². The molecule has 0 radical (unpaired) electrons. The first kappa shape index (κ1) is 17.3. The molecule has 0 fully saturated rings. The van der Waals surface area contributed by atoms with Crippen LogP contribution in [0.1, 0.15) is 12.5 Å². The van der Waals surface area contributed by atoms with Crippen molar-refractivity contribution in [1.29, 1.82) is 0 Å². The van der Waals surface area contributed by atoms with Crippen LogP contribution >= 0.6 is 0 Å². The lowest BCUT2D eigenvalue weighted by Gasteiger charge is -2.07. The molecular weight excluding hydrogens is 359 g/mol. The Kier molecular flexibility index (Phi) is 3.98. The number of hydrogen-bond acceptors (Lipinski definition) is 6. The van der Waals surface area contributed by atoms with Crippen molar-refractivity contribution < 1.29 is 21.6 Å². The van der Waals surface area contributed by atoms with Gasteiger partial charge in [-0.1, -0.05) is 6.92 Å². The number of pyridine rings is 1. The smallest absolute Gasteiger partial charge is 0.310 e. The Morgan fingerprint density at radius 1 is 1.16 bits per heavy atom. The van der Waals surface area contributed by atoms with Crippen LogP contribution in [-0.2, 0) is 23.1 Å². The van der Waals surface area contributed by atoms with Crippen LogP contribution in [0.25, 0.3) is 22.7 Å². The first-order valence-corrected chi connectivity index (χ1v) is 8.74. The molecule has 0 saturated heterocycles. The van der Waals surface area contributed by atoms with Gasteiger partial charge >= 0.3 is 6.18 Å². The predicted octanol–water partition coefficient (Wildman–Crippen LogP) is 2.24. The number of fused-ring (bicyclic) bond motifs is 1. The highest BCUT2D eigenvalue weighted by Gasteiger charge is 2.32. The molecule has 0 aliphatic carbocycles. The molecule has 25 heavy (non-hydrogen) atoms. The molecule has 3 aromatic heterocycles. The van der Waals surface area contributed by atoms with E-state index in [1.807, 2.05) is 0 Å². The average Bonchev–Trinajstić information content (AvgIpc) is 2.90. The number of aryl methyl sites for hydroxylation is 1. The number of halogens is 3. The fourth-order valence-electron chi connectivity index (χ4n) is 2.29. The Bertz CT molecular complexity index is 1060. The Morgan fingerprint density at radius 2 is 1.84 bits per heavy atom. The van der Waals surface area contributed by atoms with Gasteiger partial charge in [-0.25, -0.2) is 28.4 Å². The molecule has 3 rings (SSSR count). The minimum atomic E-state index is -4.55. The van der Waals surface area contributed by atoms with Crippen molar-refractivity contribution in [2.24, 2.45) is 7.05 Å². The summed E-state index contributed by atoms with van der Waals surface area (Å²) in [7, 11) is -2.17. The van der Waals surface area contributed by atoms with Crippen molar-refractivity contribution in [2.45, 2.75) is 18.1 Å². The quantitative estimate of drug-likeness (QED) is 0.701. The molecule has 3 aromatic rings. The van der Waals surface area contributed by atoms with Gasteiger partial charge < -0.3 is 4.57 Å². The molecule has 0 spiro atoms. The summed E-state index contributed by atoms with van der Waals surface area (Å²) in [5, 5.41) is -0.271. The van der Waals surface area contributed by atoms with Gasteiger partial charge in [0.15, 0.2) is 26.3 Å². The number of rotatable bonds is 3. The van der Waals surface area contributed by atoms with Crippen LogP contribution in [0.2, 0.25) is 0 Å². The van der Waals surface area contributed by atoms with Crippen LogP contribution in [0.4, 0.5) is 13.2 Å². The van der Waals surface area contributed by atoms with Crippen LogP contribution < -0.4 is 0 Å². The van der Waals surface area contributed by atoms with Crippen molar-refractivity contribution in [3.63, 3.8) is 0 Å². The van der Waals surface area contributed by atoms with Gasteiger partial charge in [0.2, 0.25) is 0 Å². The van der Waals surface area contributed by atoms with Crippen molar-refractivity contribution in [3.05, 3.63) is 30.2 Å². The van der Waals surface area contributed by atoms with E-state index in [1.165, 1.54) is 30.9 Å². The lowest BCUT2D eigenvalue weighted by Crippen LogP contribution is -2.10. The Labute approximate surface area is 140 Å². The molecule has 0 bridgehead atoms. The third-order valence-electron chi connectivity index (χ3n) is 3.59. The molecule has 3 heterocycles. The van der Waals surface area contributed by atoms with Crippen LogP contribution in [0, 0.1) is 0 Å². The molecular formula is C14H12F3N5O2S. The van der Waals surface area contributed by atoms with E-state index in [1.54, 1.807) is 0 Å². The number of aromatic nitrogens is 5. The van der Waals surface area contributed by atoms with Gasteiger partial charge in [-0.2, -0.15) is 13.2 Å². The number of imidazole rings is 1. The molecule has 0 unspecified atom stereocenters. The molecule has 0 aliphatic rings. The summed E-state index contributed by atoms with van der Waals surface area (Å²) in [4.78, 5) is 15.8. The zero-order valence-corrected chi connectivity index (χ0v) is 13.9. The number of nitrogens with zero attached hydrogens (tertiary/aromatic N) is 5. The monoisotopic (exact) mass is 371 g/mol. The fourth-order valence-corrected chi connectivity index (χ4v) is 3.22. The second-order valence-electron chi connectivity index (χ2n) is 5.17. The zero-order chi connectivity index (χ0) is 18.4. The first-order chi connectivity index (χ1) is 11.6. The average molecular weight is 371 g/mol. The van der Waals surface area contributed by atoms with Gasteiger partial charge in [-0.3, -0.25) is 0 Å². The van der Waals surface area contributed by atoms with Gasteiger partial charge in [0, 0.05) is 25.6 Å². The maximum absolute atomic E-state index is 12.8. The van der Waals surface area contributed by atoms with Gasteiger partial charge in [-0.15, -0.1) is 0 Å². The molecule has 7 nitrogen and oxygen atoms in total. The second-order valence-corrected chi connectivity index (χ2v) is 7.37. The van der Waals surface area contributed by atoms with E-state index in [9.17, 15) is 21.6 Å². The molecule has 0 aromatic carbocycles. The van der Waals surface area contributed by atoms with Gasteiger partial charge in [-0.05, 0) is 6.07 Å². The van der Waals surface area contributed by atoms with Crippen molar-refractivity contribution in [1.82, 2.24) is 24.5 Å². The molecule has 0 N–H and O–H groups in total. The lowest BCUT2D eigenvalue weighted by atomic mass is 10.2. The highest BCUT2D eigenvalue weighted by atomic mass is 32.2. The zero-order valence-electron chi connectivity index (χ0n) is 13.1. The Hall–Kier alpha value is -2.56. The lowest BCUT2D eigenvalue weighted by molar-refractivity contribution is -0.137. The normalized spacial score (nSPS) is 12.7. The number of sulfone groups is 1. The van der Waals surface area contributed by atoms with Crippen molar-refractivity contribution in [2.75, 3.05) is 5.75 Å². The van der Waals surface area contributed by atoms with E-state index < -0.39 is 21.6 Å². The van der Waals surface area contributed by atoms with E-state index in [0.29, 0.717) is 6.20 Å².